The van der Waals surface area contributed by atoms with Crippen LogP contribution >= 0.6 is 0 Å². The van der Waals surface area contributed by atoms with E-state index in [1.165, 1.54) is 16.7 Å². The summed E-state index contributed by atoms with van der Waals surface area (Å²) in [6, 6.07) is 16.6. The van der Waals surface area contributed by atoms with Gasteiger partial charge in [0, 0.05) is 48.2 Å². The van der Waals surface area contributed by atoms with Crippen molar-refractivity contribution < 1.29 is 37.9 Å². The lowest BCUT2D eigenvalue weighted by atomic mass is 9.88. The Morgan fingerprint density at radius 1 is 0.569 bits per heavy atom. The van der Waals surface area contributed by atoms with E-state index in [1.807, 2.05) is 18.2 Å². The van der Waals surface area contributed by atoms with Crippen LogP contribution in [0.1, 0.15) is 28.3 Å². The van der Waals surface area contributed by atoms with E-state index in [0.717, 1.165) is 64.5 Å². The second-order valence-corrected chi connectivity index (χ2v) is 13.1. The van der Waals surface area contributed by atoms with Crippen molar-refractivity contribution in [2.75, 3.05) is 81.9 Å². The SMILES string of the molecule is COc1cc2c(cc1OC)[C@H](Cc1ccc(OC)c(OC)c1Oc1cc3cc4c5c(cc(OC)c(OC)c5c3cc1OC)CCN4C)N(C)CC2. The molecule has 0 N–H and O–H groups in total. The third-order valence-corrected chi connectivity index (χ3v) is 10.5. The normalized spacial score (nSPS) is 15.4. The van der Waals surface area contributed by atoms with Gasteiger partial charge in [0.05, 0.1) is 49.8 Å². The molecule has 0 spiro atoms. The molecule has 10 heteroatoms. The van der Waals surface area contributed by atoms with Gasteiger partial charge in [0.25, 0.3) is 0 Å². The van der Waals surface area contributed by atoms with Crippen molar-refractivity contribution in [3.8, 4) is 51.7 Å². The molecule has 268 valence electrons. The van der Waals surface area contributed by atoms with Crippen molar-refractivity contribution in [2.24, 2.45) is 0 Å². The first-order valence-electron chi connectivity index (χ1n) is 17.1. The highest BCUT2D eigenvalue weighted by molar-refractivity contribution is 6.18. The molecule has 7 rings (SSSR count). The van der Waals surface area contributed by atoms with E-state index in [4.69, 9.17) is 37.9 Å². The number of anilines is 1. The van der Waals surface area contributed by atoms with Crippen LogP contribution in [0.3, 0.4) is 0 Å². The van der Waals surface area contributed by atoms with Crippen molar-refractivity contribution in [3.63, 3.8) is 0 Å². The van der Waals surface area contributed by atoms with Crippen LogP contribution < -0.4 is 42.8 Å². The number of benzene rings is 5. The van der Waals surface area contributed by atoms with E-state index in [-0.39, 0.29) is 6.04 Å². The van der Waals surface area contributed by atoms with Crippen LogP contribution in [0, 0.1) is 0 Å². The molecule has 2 heterocycles. The number of nitrogens with zero attached hydrogens (tertiary/aromatic N) is 2. The number of likely N-dealkylation sites (N-methyl/N-ethyl adjacent to an activating group) is 2. The number of methoxy groups -OCH3 is 7. The predicted molar refractivity (Wildman–Crippen MR) is 200 cm³/mol. The molecule has 1 atom stereocenters. The Hall–Kier alpha value is -5.22. The van der Waals surface area contributed by atoms with E-state index in [1.54, 1.807) is 49.8 Å². The minimum absolute atomic E-state index is 0.0409. The molecule has 2 aliphatic heterocycles. The molecule has 0 aliphatic carbocycles. The standard InChI is InChI=1S/C41H46N2O8/c1-42-14-12-23-18-32(45-4)33(46-5)21-27(23)29(42)16-25-10-11-31(44-3)41(50-9)39(25)51-35-20-26-17-30-37-24(13-15-43(30)2)19-36(48-7)40(49-8)38(37)28(26)22-34(35)47-6/h10-11,17-22,29H,12-16H2,1-9H3/t29-/m0/s1. The number of hydrogen-bond acceptors (Lipinski definition) is 10. The Morgan fingerprint density at radius 2 is 1.22 bits per heavy atom. The molecular formula is C41H46N2O8. The van der Waals surface area contributed by atoms with Crippen LogP contribution in [0.5, 0.6) is 51.7 Å². The first kappa shape index (κ1) is 34.2. The average Bonchev–Trinajstić information content (AvgIpc) is 3.16. The van der Waals surface area contributed by atoms with Gasteiger partial charge in [0.2, 0.25) is 5.75 Å². The lowest BCUT2D eigenvalue weighted by Gasteiger charge is -2.35. The monoisotopic (exact) mass is 694 g/mol. The van der Waals surface area contributed by atoms with E-state index >= 15 is 0 Å². The maximum Gasteiger partial charge on any atom is 0.204 e. The van der Waals surface area contributed by atoms with Crippen LogP contribution in [0.25, 0.3) is 21.5 Å². The number of rotatable bonds is 11. The van der Waals surface area contributed by atoms with E-state index in [0.29, 0.717) is 52.4 Å². The van der Waals surface area contributed by atoms with E-state index < -0.39 is 0 Å². The summed E-state index contributed by atoms with van der Waals surface area (Å²) < 4.78 is 47.9. The average molecular weight is 695 g/mol. The molecule has 0 amide bonds. The van der Waals surface area contributed by atoms with Crippen molar-refractivity contribution in [1.29, 1.82) is 0 Å². The van der Waals surface area contributed by atoms with E-state index in [9.17, 15) is 0 Å². The Morgan fingerprint density at radius 3 is 1.90 bits per heavy atom. The second kappa shape index (κ2) is 13.8. The zero-order valence-electron chi connectivity index (χ0n) is 30.9. The third kappa shape index (κ3) is 5.71. The zero-order valence-corrected chi connectivity index (χ0v) is 30.9. The van der Waals surface area contributed by atoms with Gasteiger partial charge in [-0.3, -0.25) is 4.90 Å². The Balaban J connectivity index is 1.39. The van der Waals surface area contributed by atoms with Crippen molar-refractivity contribution in [3.05, 3.63) is 70.8 Å². The fourth-order valence-corrected chi connectivity index (χ4v) is 7.82. The summed E-state index contributed by atoms with van der Waals surface area (Å²) in [5, 5.41) is 4.10. The summed E-state index contributed by atoms with van der Waals surface area (Å²) in [7, 11) is 15.9. The third-order valence-electron chi connectivity index (χ3n) is 10.5. The summed E-state index contributed by atoms with van der Waals surface area (Å²) in [5.74, 6) is 5.61. The van der Waals surface area contributed by atoms with Gasteiger partial charge in [-0.15, -0.1) is 0 Å². The Labute approximate surface area is 299 Å². The van der Waals surface area contributed by atoms with Gasteiger partial charge in [0.1, 0.15) is 0 Å². The lowest BCUT2D eigenvalue weighted by Crippen LogP contribution is -2.33. The molecule has 0 saturated carbocycles. The minimum atomic E-state index is 0.0409. The van der Waals surface area contributed by atoms with Crippen molar-refractivity contribution in [1.82, 2.24) is 4.90 Å². The molecule has 2 aliphatic rings. The van der Waals surface area contributed by atoms with Crippen LogP contribution in [0.2, 0.25) is 0 Å². The molecule has 0 aromatic heterocycles. The van der Waals surface area contributed by atoms with Gasteiger partial charge in [-0.05, 0) is 96.2 Å². The largest absolute Gasteiger partial charge is 0.493 e. The molecular weight excluding hydrogens is 648 g/mol. The van der Waals surface area contributed by atoms with Crippen LogP contribution in [-0.4, -0.2) is 81.9 Å². The quantitative estimate of drug-likeness (QED) is 0.129. The van der Waals surface area contributed by atoms with Gasteiger partial charge in [-0.2, -0.15) is 0 Å². The fourth-order valence-electron chi connectivity index (χ4n) is 7.82. The topological polar surface area (TPSA) is 80.3 Å². The zero-order chi connectivity index (χ0) is 36.0. The molecule has 0 radical (unpaired) electrons. The first-order valence-corrected chi connectivity index (χ1v) is 17.1. The molecule has 10 nitrogen and oxygen atoms in total. The van der Waals surface area contributed by atoms with Crippen molar-refractivity contribution >= 4 is 27.2 Å². The second-order valence-electron chi connectivity index (χ2n) is 13.1. The lowest BCUT2D eigenvalue weighted by molar-refractivity contribution is 0.226. The van der Waals surface area contributed by atoms with E-state index in [2.05, 4.69) is 54.2 Å². The highest BCUT2D eigenvalue weighted by Gasteiger charge is 2.31. The Kier molecular flexibility index (Phi) is 9.28. The van der Waals surface area contributed by atoms with Crippen LogP contribution in [0.4, 0.5) is 5.69 Å². The highest BCUT2D eigenvalue weighted by atomic mass is 16.5. The smallest absolute Gasteiger partial charge is 0.204 e. The summed E-state index contributed by atoms with van der Waals surface area (Å²) in [6.07, 6.45) is 2.46. The maximum absolute atomic E-state index is 6.94. The molecule has 0 bridgehead atoms. The van der Waals surface area contributed by atoms with Gasteiger partial charge in [-0.1, -0.05) is 6.07 Å². The minimum Gasteiger partial charge on any atom is -0.493 e. The maximum atomic E-state index is 6.94. The molecule has 0 fully saturated rings. The first-order chi connectivity index (χ1) is 24.8. The van der Waals surface area contributed by atoms with Gasteiger partial charge in [-0.25, -0.2) is 0 Å². The summed E-state index contributed by atoms with van der Waals surface area (Å²) >= 11 is 0. The molecule has 5 aromatic rings. The molecule has 51 heavy (non-hydrogen) atoms. The molecule has 5 aromatic carbocycles. The van der Waals surface area contributed by atoms with Gasteiger partial charge in [0.15, 0.2) is 46.0 Å². The van der Waals surface area contributed by atoms with Crippen LogP contribution in [-0.2, 0) is 19.3 Å². The molecule has 0 unspecified atom stereocenters. The number of hydrogen-bond donors (Lipinski definition) is 0. The number of fused-ring (bicyclic) bond motifs is 3. The van der Waals surface area contributed by atoms with Crippen molar-refractivity contribution in [2.45, 2.75) is 25.3 Å². The van der Waals surface area contributed by atoms with Gasteiger partial charge >= 0.3 is 0 Å². The Bertz CT molecular complexity index is 2130. The predicted octanol–water partition coefficient (Wildman–Crippen LogP) is 7.61. The number of ether oxygens (including phenoxy) is 8. The van der Waals surface area contributed by atoms with Gasteiger partial charge < -0.3 is 42.8 Å². The fraction of sp³-hybridized carbons (Fsp3) is 0.366. The summed E-state index contributed by atoms with van der Waals surface area (Å²) in [4.78, 5) is 4.66. The van der Waals surface area contributed by atoms with Crippen LogP contribution in [0.15, 0.2) is 48.5 Å². The molecule has 0 saturated heterocycles. The summed E-state index contributed by atoms with van der Waals surface area (Å²) in [6.45, 7) is 1.79. The highest BCUT2D eigenvalue weighted by Crippen LogP contribution is 2.51. The summed E-state index contributed by atoms with van der Waals surface area (Å²) in [5.41, 5.74) is 5.75.